The van der Waals surface area contributed by atoms with E-state index in [2.05, 4.69) is 0 Å². The van der Waals surface area contributed by atoms with Gasteiger partial charge in [-0.1, -0.05) is 6.42 Å². The third kappa shape index (κ3) is 7.29. The first-order chi connectivity index (χ1) is 7.06. The summed E-state index contributed by atoms with van der Waals surface area (Å²) in [5, 5.41) is 5.80. The maximum absolute atomic E-state index is 10.8. The van der Waals surface area contributed by atoms with E-state index in [0.717, 1.165) is 0 Å². The summed E-state index contributed by atoms with van der Waals surface area (Å²) in [4.78, 5) is 38.7. The van der Waals surface area contributed by atoms with Gasteiger partial charge in [-0.3, -0.25) is 4.57 Å². The third-order valence-corrected chi connectivity index (χ3v) is 5.90. The Bertz CT molecular complexity index is 295. The van der Waals surface area contributed by atoms with Gasteiger partial charge in [0, 0.05) is 0 Å². The van der Waals surface area contributed by atoms with Crippen molar-refractivity contribution < 1.29 is 92.9 Å². The fraction of sp³-hybridized carbons (Fsp3) is 1.00. The van der Waals surface area contributed by atoms with Crippen LogP contribution in [0.5, 0.6) is 0 Å². The first kappa shape index (κ1) is 25.2. The van der Waals surface area contributed by atoms with Gasteiger partial charge < -0.3 is 35.0 Å². The van der Waals surface area contributed by atoms with Crippen LogP contribution in [0.25, 0.3) is 0 Å². The molecular weight excluding hydrogens is 306 g/mol. The number of hydrogen-bond donors (Lipinski definition) is 4. The molecule has 8 nitrogen and oxygen atoms in total. The Morgan fingerprint density at radius 3 is 1.78 bits per heavy atom. The Kier molecular flexibility index (Phi) is 14.0. The van der Waals surface area contributed by atoms with Gasteiger partial charge in [0.1, 0.15) is 0 Å². The summed E-state index contributed by atoms with van der Waals surface area (Å²) in [6.07, 6.45) is 0.0902. The van der Waals surface area contributed by atoms with E-state index in [0.29, 0.717) is 19.4 Å². The summed E-state index contributed by atoms with van der Waals surface area (Å²) in [7, 11) is -11.2. The largest absolute Gasteiger partial charge is 1.00 e. The zero-order chi connectivity index (χ0) is 13.0. The van der Waals surface area contributed by atoms with Gasteiger partial charge in [0.15, 0.2) is 5.08 Å². The van der Waals surface area contributed by atoms with Gasteiger partial charge in [0.05, 0.1) is 0 Å². The molecule has 0 saturated heterocycles. The fourth-order valence-corrected chi connectivity index (χ4v) is 3.28. The van der Waals surface area contributed by atoms with Crippen LogP contribution in [0.3, 0.4) is 0 Å². The predicted octanol–water partition coefficient (Wildman–Crippen LogP) is -7.75. The summed E-state index contributed by atoms with van der Waals surface area (Å²) in [6.45, 7) is 0.334. The van der Waals surface area contributed by atoms with Gasteiger partial charge in [-0.2, -0.15) is 0 Å². The van der Waals surface area contributed by atoms with Crippen LogP contribution in [0, 0.1) is 0 Å². The Balaban J connectivity index is -0.00000112. The van der Waals surface area contributed by atoms with Gasteiger partial charge in [0.2, 0.25) is 0 Å². The van der Waals surface area contributed by atoms with E-state index >= 15 is 0 Å². The molecule has 0 spiro atoms. The first-order valence-corrected chi connectivity index (χ1v) is 7.72. The number of unbranched alkanes of at least 4 members (excludes halogenated alkanes) is 2. The second-order valence-electron chi connectivity index (χ2n) is 3.42. The topological polar surface area (TPSA) is 167 Å². The van der Waals surface area contributed by atoms with E-state index in [1.165, 1.54) is 0 Å². The minimum absolute atomic E-state index is 0. The Morgan fingerprint density at radius 1 is 1.06 bits per heavy atom. The van der Waals surface area contributed by atoms with Gasteiger partial charge in [-0.25, -0.2) is 0 Å². The molecule has 98 valence electrons. The van der Waals surface area contributed by atoms with Crippen LogP contribution in [-0.4, -0.2) is 26.5 Å². The van der Waals surface area contributed by atoms with Crippen molar-refractivity contribution in [1.29, 1.82) is 0 Å². The minimum atomic E-state index is -5.80. The van der Waals surface area contributed by atoms with Crippen LogP contribution in [0.1, 0.15) is 25.7 Å². The molecule has 1 unspecified atom stereocenters. The molecule has 0 aliphatic heterocycles. The van der Waals surface area contributed by atoms with Crippen LogP contribution >= 0.6 is 15.2 Å². The zero-order valence-corrected chi connectivity index (χ0v) is 16.3. The molecule has 0 radical (unpaired) electrons. The molecule has 0 amide bonds. The molecule has 0 aromatic rings. The molecule has 18 heavy (non-hydrogen) atoms. The summed E-state index contributed by atoms with van der Waals surface area (Å²) in [6, 6.07) is 0. The van der Waals surface area contributed by atoms with Crippen molar-refractivity contribution in [1.82, 2.24) is 0 Å². The summed E-state index contributed by atoms with van der Waals surface area (Å²) >= 11 is 0. The fourth-order valence-electron chi connectivity index (χ4n) is 1.13. The average Bonchev–Trinajstić information content (AvgIpc) is 2.08. The SMILES string of the molecule is NCCCCCC(O)(P(=O)([O-])[O-])P(=O)(O)O.[Na+].[Na+]. The van der Waals surface area contributed by atoms with E-state index in [1.807, 2.05) is 0 Å². The quantitative estimate of drug-likeness (QED) is 0.204. The average molecular weight is 321 g/mol. The standard InChI is InChI=1S/C6H17NO7P2.2Na/c7-5-3-1-2-4-6(8,15(9,10)11)16(12,13)14;;/h8H,1-5,7H2,(H2,9,10,11)(H2,12,13,14);;/q;2*+1/p-2. The molecule has 0 fully saturated rings. The van der Waals surface area contributed by atoms with Gasteiger partial charge in [0.25, 0.3) is 0 Å². The summed E-state index contributed by atoms with van der Waals surface area (Å²) < 4.78 is 21.5. The van der Waals surface area contributed by atoms with Crippen molar-refractivity contribution in [3.8, 4) is 0 Å². The molecule has 0 aromatic heterocycles. The van der Waals surface area contributed by atoms with Crippen molar-refractivity contribution >= 4 is 15.2 Å². The van der Waals surface area contributed by atoms with E-state index in [1.54, 1.807) is 0 Å². The number of aliphatic hydroxyl groups is 1. The van der Waals surface area contributed by atoms with E-state index in [4.69, 9.17) is 15.5 Å². The van der Waals surface area contributed by atoms with E-state index < -0.39 is 26.7 Å². The van der Waals surface area contributed by atoms with Crippen molar-refractivity contribution in [2.24, 2.45) is 5.73 Å². The van der Waals surface area contributed by atoms with Crippen LogP contribution in [0.15, 0.2) is 0 Å². The van der Waals surface area contributed by atoms with Crippen molar-refractivity contribution in [3.05, 3.63) is 0 Å². The van der Waals surface area contributed by atoms with Gasteiger partial charge >= 0.3 is 66.7 Å². The smallest absolute Gasteiger partial charge is 0.808 e. The molecule has 12 heteroatoms. The molecule has 0 saturated carbocycles. The second kappa shape index (κ2) is 10.0. The molecule has 0 rings (SSSR count). The first-order valence-electron chi connectivity index (χ1n) is 4.56. The molecule has 0 bridgehead atoms. The molecule has 0 aromatic carbocycles. The zero-order valence-electron chi connectivity index (χ0n) is 10.5. The molecule has 0 heterocycles. The Morgan fingerprint density at radius 2 is 1.50 bits per heavy atom. The predicted molar refractivity (Wildman–Crippen MR) is 52.1 cm³/mol. The normalized spacial score (nSPS) is 15.2. The van der Waals surface area contributed by atoms with Gasteiger partial charge in [-0.05, 0) is 33.4 Å². The number of hydrogen-bond acceptors (Lipinski definition) is 6. The van der Waals surface area contributed by atoms with Crippen LogP contribution in [-0.2, 0) is 9.13 Å². The molecule has 1 atom stereocenters. The Labute approximate surface area is 150 Å². The monoisotopic (exact) mass is 321 g/mol. The van der Waals surface area contributed by atoms with Crippen LogP contribution < -0.4 is 74.6 Å². The van der Waals surface area contributed by atoms with E-state index in [9.17, 15) is 24.0 Å². The summed E-state index contributed by atoms with van der Waals surface area (Å²) in [5.41, 5.74) is 5.16. The third-order valence-electron chi connectivity index (χ3n) is 2.12. The van der Waals surface area contributed by atoms with Crippen molar-refractivity contribution in [2.75, 3.05) is 6.54 Å². The molecule has 5 N–H and O–H groups in total. The maximum atomic E-state index is 10.8. The number of nitrogens with two attached hydrogens (primary N) is 1. The van der Waals surface area contributed by atoms with Crippen LogP contribution in [0.2, 0.25) is 0 Å². The van der Waals surface area contributed by atoms with E-state index in [-0.39, 0.29) is 65.5 Å². The van der Waals surface area contributed by atoms with Crippen molar-refractivity contribution in [3.63, 3.8) is 0 Å². The minimum Gasteiger partial charge on any atom is -0.808 e. The molecule has 0 aliphatic rings. The Hall–Kier alpha value is 2.22. The van der Waals surface area contributed by atoms with Crippen LogP contribution in [0.4, 0.5) is 0 Å². The van der Waals surface area contributed by atoms with Gasteiger partial charge in [-0.15, -0.1) is 0 Å². The molecule has 0 aliphatic carbocycles. The summed E-state index contributed by atoms with van der Waals surface area (Å²) in [5.74, 6) is 0. The second-order valence-corrected chi connectivity index (χ2v) is 7.33. The molecular formula is C6H15NNa2O7P2. The van der Waals surface area contributed by atoms with Crippen molar-refractivity contribution in [2.45, 2.75) is 30.8 Å². The number of rotatable bonds is 7. The maximum Gasteiger partial charge on any atom is 1.00 e.